The van der Waals surface area contributed by atoms with Crippen molar-refractivity contribution in [1.29, 1.82) is 0 Å². The first kappa shape index (κ1) is 17.2. The summed E-state index contributed by atoms with van der Waals surface area (Å²) in [5, 5.41) is 3.39. The van der Waals surface area contributed by atoms with Crippen molar-refractivity contribution in [3.8, 4) is 5.75 Å². The van der Waals surface area contributed by atoms with Crippen LogP contribution in [0.15, 0.2) is 18.2 Å². The van der Waals surface area contributed by atoms with Crippen LogP contribution in [0, 0.1) is 0 Å². The van der Waals surface area contributed by atoms with E-state index in [0.717, 1.165) is 17.9 Å². The molecule has 1 aromatic carbocycles. The van der Waals surface area contributed by atoms with Crippen LogP contribution in [0.25, 0.3) is 0 Å². The molecule has 0 saturated heterocycles. The van der Waals surface area contributed by atoms with E-state index < -0.39 is 10.8 Å². The summed E-state index contributed by atoms with van der Waals surface area (Å²) < 4.78 is 17.5. The van der Waals surface area contributed by atoms with Crippen LogP contribution in [0.2, 0.25) is 0 Å². The van der Waals surface area contributed by atoms with Gasteiger partial charge in [0.1, 0.15) is 5.75 Å². The lowest BCUT2D eigenvalue weighted by molar-refractivity contribution is 0.411. The van der Waals surface area contributed by atoms with E-state index in [1.165, 1.54) is 5.56 Å². The van der Waals surface area contributed by atoms with E-state index in [1.807, 2.05) is 26.8 Å². The van der Waals surface area contributed by atoms with Crippen LogP contribution in [0.3, 0.4) is 0 Å². The zero-order chi connectivity index (χ0) is 15.3. The van der Waals surface area contributed by atoms with E-state index in [-0.39, 0.29) is 4.75 Å². The van der Waals surface area contributed by atoms with Crippen molar-refractivity contribution in [3.05, 3.63) is 29.3 Å². The van der Waals surface area contributed by atoms with Crippen LogP contribution < -0.4 is 10.1 Å². The number of methoxy groups -OCH3 is 1. The molecule has 0 spiro atoms. The Balaban J connectivity index is 2.91. The number of benzene rings is 1. The average molecular weight is 297 g/mol. The summed E-state index contributed by atoms with van der Waals surface area (Å²) in [6, 6.07) is 6.56. The van der Waals surface area contributed by atoms with Crippen LogP contribution in [0.4, 0.5) is 0 Å². The van der Waals surface area contributed by atoms with Crippen LogP contribution in [0.1, 0.15) is 45.7 Å². The van der Waals surface area contributed by atoms with Crippen molar-refractivity contribution in [3.63, 3.8) is 0 Å². The first-order valence-corrected chi connectivity index (χ1v) is 8.33. The summed E-state index contributed by atoms with van der Waals surface area (Å²) in [7, 11) is 0.736. The molecule has 0 fully saturated rings. The van der Waals surface area contributed by atoms with Gasteiger partial charge in [0.2, 0.25) is 0 Å². The van der Waals surface area contributed by atoms with Crippen LogP contribution in [0.5, 0.6) is 5.75 Å². The Labute approximate surface area is 125 Å². The molecule has 0 saturated carbocycles. The maximum absolute atomic E-state index is 12.3. The van der Waals surface area contributed by atoms with Crippen molar-refractivity contribution in [2.45, 2.75) is 57.7 Å². The van der Waals surface area contributed by atoms with Crippen molar-refractivity contribution < 1.29 is 8.95 Å². The first-order chi connectivity index (χ1) is 9.24. The van der Waals surface area contributed by atoms with Gasteiger partial charge in [0.05, 0.1) is 12.9 Å². The molecule has 0 heterocycles. The summed E-state index contributed by atoms with van der Waals surface area (Å²) in [6.07, 6.45) is 0. The van der Waals surface area contributed by atoms with Crippen molar-refractivity contribution in [2.24, 2.45) is 0 Å². The minimum Gasteiger partial charge on any atom is -0.496 e. The second-order valence-electron chi connectivity index (χ2n) is 6.28. The fourth-order valence-electron chi connectivity index (χ4n) is 1.73. The standard InChI is InChI=1S/C16H27NO2S/c1-12(2)17-10-13-7-8-15(19-6)14(9-13)11-20(18)16(3,4)5/h7-9,12,17H,10-11H2,1-6H3. The zero-order valence-corrected chi connectivity index (χ0v) is 14.3. The highest BCUT2D eigenvalue weighted by Crippen LogP contribution is 2.25. The summed E-state index contributed by atoms with van der Waals surface area (Å²) in [6.45, 7) is 11.1. The van der Waals surface area contributed by atoms with Crippen molar-refractivity contribution in [2.75, 3.05) is 7.11 Å². The number of rotatable bonds is 6. The molecule has 1 aromatic rings. The van der Waals surface area contributed by atoms with Gasteiger partial charge in [-0.3, -0.25) is 4.21 Å². The van der Waals surface area contributed by atoms with Gasteiger partial charge in [0.25, 0.3) is 0 Å². The van der Waals surface area contributed by atoms with E-state index in [2.05, 4.69) is 31.3 Å². The monoisotopic (exact) mass is 297 g/mol. The van der Waals surface area contributed by atoms with Crippen molar-refractivity contribution >= 4 is 10.8 Å². The number of hydrogen-bond donors (Lipinski definition) is 1. The van der Waals surface area contributed by atoms with Crippen LogP contribution >= 0.6 is 0 Å². The maximum Gasteiger partial charge on any atom is 0.123 e. The minimum absolute atomic E-state index is 0.211. The van der Waals surface area contributed by atoms with E-state index in [1.54, 1.807) is 7.11 Å². The Morgan fingerprint density at radius 3 is 2.45 bits per heavy atom. The number of nitrogens with one attached hydrogen (secondary N) is 1. The third-order valence-corrected chi connectivity index (χ3v) is 4.97. The number of hydrogen-bond acceptors (Lipinski definition) is 3. The van der Waals surface area contributed by atoms with Gasteiger partial charge in [0.15, 0.2) is 0 Å². The molecule has 1 unspecified atom stereocenters. The fraction of sp³-hybridized carbons (Fsp3) is 0.625. The summed E-state index contributed by atoms with van der Waals surface area (Å²) in [5.41, 5.74) is 2.21. The van der Waals surface area contributed by atoms with Gasteiger partial charge < -0.3 is 10.1 Å². The third kappa shape index (κ3) is 5.25. The van der Waals surface area contributed by atoms with Gasteiger partial charge >= 0.3 is 0 Å². The molecule has 0 aliphatic heterocycles. The molecular formula is C16H27NO2S. The first-order valence-electron chi connectivity index (χ1n) is 7.01. The molecular weight excluding hydrogens is 270 g/mol. The molecule has 0 aromatic heterocycles. The highest BCUT2D eigenvalue weighted by Gasteiger charge is 2.21. The molecule has 0 radical (unpaired) electrons. The van der Waals surface area contributed by atoms with Gasteiger partial charge in [-0.1, -0.05) is 19.9 Å². The lowest BCUT2D eigenvalue weighted by Gasteiger charge is -2.19. The second kappa shape index (κ2) is 7.23. The SMILES string of the molecule is COc1ccc(CNC(C)C)cc1CS(=O)C(C)(C)C. The van der Waals surface area contributed by atoms with Gasteiger partial charge in [0, 0.05) is 33.7 Å². The smallest absolute Gasteiger partial charge is 0.123 e. The normalized spacial score (nSPS) is 13.6. The van der Waals surface area contributed by atoms with Gasteiger partial charge in [-0.2, -0.15) is 0 Å². The molecule has 3 nitrogen and oxygen atoms in total. The van der Waals surface area contributed by atoms with E-state index in [9.17, 15) is 4.21 Å². The molecule has 0 amide bonds. The molecule has 1 atom stereocenters. The van der Waals surface area contributed by atoms with Crippen LogP contribution in [-0.4, -0.2) is 22.1 Å². The van der Waals surface area contributed by atoms with Crippen molar-refractivity contribution in [1.82, 2.24) is 5.32 Å². The maximum atomic E-state index is 12.3. The highest BCUT2D eigenvalue weighted by molar-refractivity contribution is 7.85. The largest absolute Gasteiger partial charge is 0.496 e. The molecule has 1 N–H and O–H groups in total. The molecule has 4 heteroatoms. The topological polar surface area (TPSA) is 38.3 Å². The summed E-state index contributed by atoms with van der Waals surface area (Å²) in [4.78, 5) is 0. The Kier molecular flexibility index (Phi) is 6.21. The predicted molar refractivity (Wildman–Crippen MR) is 86.6 cm³/mol. The van der Waals surface area contributed by atoms with Gasteiger partial charge in [-0.05, 0) is 38.5 Å². The zero-order valence-electron chi connectivity index (χ0n) is 13.4. The van der Waals surface area contributed by atoms with Crippen LogP contribution in [-0.2, 0) is 23.1 Å². The summed E-state index contributed by atoms with van der Waals surface area (Å²) in [5.74, 6) is 1.35. The van der Waals surface area contributed by atoms with E-state index in [4.69, 9.17) is 4.74 Å². The molecule has 114 valence electrons. The molecule has 0 bridgehead atoms. The van der Waals surface area contributed by atoms with Gasteiger partial charge in [-0.25, -0.2) is 0 Å². The fourth-order valence-corrected chi connectivity index (χ4v) is 2.68. The molecule has 1 rings (SSSR count). The van der Waals surface area contributed by atoms with Gasteiger partial charge in [-0.15, -0.1) is 0 Å². The Bertz CT molecular complexity index is 464. The molecule has 0 aliphatic carbocycles. The lowest BCUT2D eigenvalue weighted by atomic mass is 10.1. The Morgan fingerprint density at radius 2 is 1.95 bits per heavy atom. The quantitative estimate of drug-likeness (QED) is 0.876. The van der Waals surface area contributed by atoms with E-state index >= 15 is 0 Å². The third-order valence-electron chi connectivity index (χ3n) is 3.03. The summed E-state index contributed by atoms with van der Waals surface area (Å²) >= 11 is 0. The number of ether oxygens (including phenoxy) is 1. The highest BCUT2D eigenvalue weighted by atomic mass is 32.2. The minimum atomic E-state index is -0.922. The predicted octanol–water partition coefficient (Wildman–Crippen LogP) is 3.24. The van der Waals surface area contributed by atoms with E-state index in [0.29, 0.717) is 11.8 Å². The second-order valence-corrected chi connectivity index (χ2v) is 8.49. The Morgan fingerprint density at radius 1 is 1.30 bits per heavy atom. The molecule has 20 heavy (non-hydrogen) atoms. The lowest BCUT2D eigenvalue weighted by Crippen LogP contribution is -2.23. The average Bonchev–Trinajstić information content (AvgIpc) is 2.35. The Hall–Kier alpha value is -0.870. The molecule has 0 aliphatic rings.